The molecule has 3 aromatic rings. The molecule has 0 aromatic heterocycles. The highest BCUT2D eigenvalue weighted by atomic mass is 28.3. The van der Waals surface area contributed by atoms with Crippen molar-refractivity contribution in [2.24, 2.45) is 0 Å². The Morgan fingerprint density at radius 2 is 0.768 bits per heavy atom. The molecule has 4 nitrogen and oxygen atoms in total. The molecule has 8 heteroatoms. The van der Waals surface area contributed by atoms with Gasteiger partial charge in [-0.2, -0.15) is 0 Å². The van der Waals surface area contributed by atoms with Crippen molar-refractivity contribution < 1.29 is 18.6 Å². The lowest BCUT2D eigenvalue weighted by atomic mass is 9.75. The van der Waals surface area contributed by atoms with E-state index in [1.54, 1.807) is 0 Å². The molecule has 2 heterocycles. The van der Waals surface area contributed by atoms with Crippen molar-refractivity contribution in [2.75, 3.05) is 0 Å². The van der Waals surface area contributed by atoms with E-state index >= 15 is 0 Å². The van der Waals surface area contributed by atoms with Gasteiger partial charge in [-0.05, 0) is 107 Å². The molecule has 3 aromatic carbocycles. The van der Waals surface area contributed by atoms with Crippen LogP contribution in [-0.2, 0) is 18.6 Å². The van der Waals surface area contributed by atoms with Gasteiger partial charge in [0.25, 0.3) is 0 Å². The summed E-state index contributed by atoms with van der Waals surface area (Å²) in [5.74, 6) is 7.90. The van der Waals surface area contributed by atoms with Gasteiger partial charge in [0.1, 0.15) is 21.7 Å². The molecular formula is C48H71B2O4Si2+. The van der Waals surface area contributed by atoms with Gasteiger partial charge in [-0.15, -0.1) is 11.1 Å². The minimum Gasteiger partial charge on any atom is -0.399 e. The van der Waals surface area contributed by atoms with Crippen molar-refractivity contribution in [3.8, 4) is 22.9 Å². The molecule has 0 spiro atoms. The SMILES string of the molecule is [CH2+]C1(C)OB(c2ccc3c(C#C[Si](C(C)C)(C(C)C)C(C)C)c4cc(B5OC(C)(C)C(C)(C)O5)ccc4c(C#C[Si](C(C)C)(C(C)C)C(C)C)c3c2)OC1(C)C. The smallest absolute Gasteiger partial charge is 0.399 e. The van der Waals surface area contributed by atoms with Crippen LogP contribution in [0.4, 0.5) is 0 Å². The van der Waals surface area contributed by atoms with Gasteiger partial charge in [0.05, 0.1) is 18.1 Å². The van der Waals surface area contributed by atoms with Crippen LogP contribution < -0.4 is 10.9 Å². The van der Waals surface area contributed by atoms with Crippen LogP contribution in [0.15, 0.2) is 36.4 Å². The highest BCUT2D eigenvalue weighted by Crippen LogP contribution is 2.44. The Morgan fingerprint density at radius 3 is 1.05 bits per heavy atom. The summed E-state index contributed by atoms with van der Waals surface area (Å²) >= 11 is 0. The van der Waals surface area contributed by atoms with Crippen molar-refractivity contribution in [1.82, 2.24) is 0 Å². The fourth-order valence-electron chi connectivity index (χ4n) is 9.94. The van der Waals surface area contributed by atoms with Crippen LogP contribution >= 0.6 is 0 Å². The summed E-state index contributed by atoms with van der Waals surface area (Å²) in [6.07, 6.45) is 0. The summed E-state index contributed by atoms with van der Waals surface area (Å²) in [6, 6.07) is 13.4. The van der Waals surface area contributed by atoms with Gasteiger partial charge >= 0.3 is 14.2 Å². The third-order valence-electron chi connectivity index (χ3n) is 14.5. The molecule has 0 saturated carbocycles. The lowest BCUT2D eigenvalue weighted by molar-refractivity contribution is 0.00578. The van der Waals surface area contributed by atoms with Gasteiger partial charge in [-0.3, -0.25) is 0 Å². The van der Waals surface area contributed by atoms with E-state index < -0.39 is 52.8 Å². The first-order valence-corrected chi connectivity index (χ1v) is 25.8. The molecule has 0 radical (unpaired) electrons. The molecule has 0 aliphatic carbocycles. The third-order valence-corrected chi connectivity index (χ3v) is 27.1. The van der Waals surface area contributed by atoms with Crippen LogP contribution in [0.1, 0.15) is 143 Å². The summed E-state index contributed by atoms with van der Waals surface area (Å²) in [4.78, 5) is 0. The highest BCUT2D eigenvalue weighted by Gasteiger charge is 2.57. The zero-order valence-electron chi connectivity index (χ0n) is 38.4. The lowest BCUT2D eigenvalue weighted by Crippen LogP contribution is -2.43. The molecule has 1 unspecified atom stereocenters. The van der Waals surface area contributed by atoms with Crippen LogP contribution in [-0.4, -0.2) is 52.8 Å². The van der Waals surface area contributed by atoms with Crippen LogP contribution in [0.5, 0.6) is 0 Å². The second-order valence-corrected chi connectivity index (χ2v) is 31.7. The van der Waals surface area contributed by atoms with Crippen molar-refractivity contribution in [3.63, 3.8) is 0 Å². The molecule has 2 aliphatic rings. The van der Waals surface area contributed by atoms with Crippen molar-refractivity contribution >= 4 is 62.9 Å². The van der Waals surface area contributed by atoms with Gasteiger partial charge in [0.2, 0.25) is 5.60 Å². The Labute approximate surface area is 344 Å². The molecule has 300 valence electrons. The van der Waals surface area contributed by atoms with E-state index in [2.05, 4.69) is 191 Å². The van der Waals surface area contributed by atoms with E-state index in [1.165, 1.54) is 0 Å². The van der Waals surface area contributed by atoms with Gasteiger partial charge in [-0.25, -0.2) is 0 Å². The number of fused-ring (bicyclic) bond motifs is 2. The first-order chi connectivity index (χ1) is 25.7. The average molecular weight is 790 g/mol. The topological polar surface area (TPSA) is 36.9 Å². The van der Waals surface area contributed by atoms with E-state index in [0.29, 0.717) is 33.2 Å². The quantitative estimate of drug-likeness (QED) is 0.0986. The minimum atomic E-state index is -2.10. The molecule has 2 saturated heterocycles. The maximum atomic E-state index is 6.64. The standard InChI is InChI=1S/C48H71B2O4Si2/c1-31(2)55(32(3)4,33(5)6)27-25-41-39-23-21-38(50-53-47(17,18)48(19,20)54-50)30-44(39)42(26-28-56(34(7)8,35(9)10)36(11)12)40-24-22-37(29-43(40)41)49-51-45(13,14)46(15,16)52-49/h21-24,29-36H,13H2,1-12,14-20H3/q+1. The Morgan fingerprint density at radius 1 is 0.464 bits per heavy atom. The van der Waals surface area contributed by atoms with Gasteiger partial charge in [0, 0.05) is 18.1 Å². The summed E-state index contributed by atoms with van der Waals surface area (Å²) in [6.45, 7) is 47.5. The second kappa shape index (κ2) is 15.3. The molecular weight excluding hydrogens is 718 g/mol. The molecule has 0 bridgehead atoms. The predicted molar refractivity (Wildman–Crippen MR) is 248 cm³/mol. The van der Waals surface area contributed by atoms with E-state index in [-0.39, 0.29) is 0 Å². The Balaban J connectivity index is 1.95. The summed E-state index contributed by atoms with van der Waals surface area (Å²) in [5, 5.41) is 4.39. The van der Waals surface area contributed by atoms with Crippen molar-refractivity contribution in [3.05, 3.63) is 54.4 Å². The zero-order chi connectivity index (χ0) is 42.1. The Kier molecular flexibility index (Phi) is 12.2. The predicted octanol–water partition coefficient (Wildman–Crippen LogP) is 11.5. The molecule has 2 fully saturated rings. The van der Waals surface area contributed by atoms with E-state index in [9.17, 15) is 0 Å². The third kappa shape index (κ3) is 7.39. The molecule has 2 aliphatic heterocycles. The maximum absolute atomic E-state index is 6.64. The minimum absolute atomic E-state index is 0.454. The monoisotopic (exact) mass is 790 g/mol. The first kappa shape index (κ1) is 44.7. The molecule has 0 amide bonds. The van der Waals surface area contributed by atoms with Crippen molar-refractivity contribution in [2.45, 2.75) is 187 Å². The fraction of sp³-hybridized carbons (Fsp3) is 0.604. The summed E-state index contributed by atoms with van der Waals surface area (Å²) in [7, 11) is -5.24. The first-order valence-electron chi connectivity index (χ1n) is 21.3. The fourth-order valence-corrected chi connectivity index (χ4v) is 20.4. The molecule has 56 heavy (non-hydrogen) atoms. The van der Waals surface area contributed by atoms with Crippen LogP contribution in [0.25, 0.3) is 21.5 Å². The van der Waals surface area contributed by atoms with Crippen LogP contribution in [0.3, 0.4) is 0 Å². The van der Waals surface area contributed by atoms with E-state index in [0.717, 1.165) is 43.6 Å². The molecule has 5 rings (SSSR count). The van der Waals surface area contributed by atoms with Gasteiger partial charge in [-0.1, -0.05) is 131 Å². The summed E-state index contributed by atoms with van der Waals surface area (Å²) in [5.41, 5.74) is 13.1. The van der Waals surface area contributed by atoms with E-state index in [4.69, 9.17) is 18.6 Å². The largest absolute Gasteiger partial charge is 0.498 e. The normalized spacial score (nSPS) is 20.9. The Bertz CT molecular complexity index is 1860. The van der Waals surface area contributed by atoms with Gasteiger partial charge in [0.15, 0.2) is 0 Å². The number of rotatable bonds is 8. The summed E-state index contributed by atoms with van der Waals surface area (Å²) < 4.78 is 26.4. The molecule has 0 N–H and O–H groups in total. The van der Waals surface area contributed by atoms with E-state index in [1.807, 2.05) is 6.92 Å². The van der Waals surface area contributed by atoms with Crippen molar-refractivity contribution in [1.29, 1.82) is 0 Å². The zero-order valence-corrected chi connectivity index (χ0v) is 40.4. The number of benzene rings is 3. The van der Waals surface area contributed by atoms with Gasteiger partial charge < -0.3 is 18.6 Å². The van der Waals surface area contributed by atoms with Crippen LogP contribution in [0, 0.1) is 29.9 Å². The lowest BCUT2D eigenvalue weighted by Gasteiger charge is -2.38. The number of hydrogen-bond donors (Lipinski definition) is 0. The average Bonchev–Trinajstić information content (AvgIpc) is 3.43. The highest BCUT2D eigenvalue weighted by molar-refractivity contribution is 6.91. The Hall–Kier alpha value is -2.43. The molecule has 1 atom stereocenters. The maximum Gasteiger partial charge on any atom is 0.498 e. The number of hydrogen-bond acceptors (Lipinski definition) is 4. The second-order valence-electron chi connectivity index (χ2n) is 20.6. The van der Waals surface area contributed by atoms with Crippen LogP contribution in [0.2, 0.25) is 33.2 Å².